The quantitative estimate of drug-likeness (QED) is 0.429. The zero-order chi connectivity index (χ0) is 23.0. The Kier molecular flexibility index (Phi) is 6.57. The number of amides is 3. The number of nitrogens with zero attached hydrogens (tertiary/aromatic N) is 1. The van der Waals surface area contributed by atoms with E-state index in [1.54, 1.807) is 42.5 Å². The standard InChI is InChI=1S/C23H22Br2N2O5/c1-31-12-7-8-20(32-2)18(9-12)26-21(28)13-5-3-4-6-19(13)27-22(29)14-10-16(24)17(25)11-15(14)23(27)30/h3-9,14-17H,10-11H2,1-2H3,(H,26,28)/t14-,15-,16+,17+/m1/s1. The maximum atomic E-state index is 13.2. The average molecular weight is 566 g/mol. The Bertz CT molecular complexity index is 1050. The van der Waals surface area contributed by atoms with E-state index in [0.29, 0.717) is 30.0 Å². The fourth-order valence-electron chi connectivity index (χ4n) is 4.29. The lowest BCUT2D eigenvalue weighted by Gasteiger charge is -2.29. The van der Waals surface area contributed by atoms with Gasteiger partial charge >= 0.3 is 0 Å². The van der Waals surface area contributed by atoms with Crippen LogP contribution < -0.4 is 19.7 Å². The van der Waals surface area contributed by atoms with Gasteiger partial charge in [-0.1, -0.05) is 44.0 Å². The van der Waals surface area contributed by atoms with E-state index in [2.05, 4.69) is 37.2 Å². The molecule has 1 saturated heterocycles. The number of ether oxygens (including phenoxy) is 2. The van der Waals surface area contributed by atoms with Crippen molar-refractivity contribution in [1.82, 2.24) is 0 Å². The number of nitrogens with one attached hydrogen (secondary N) is 1. The van der Waals surface area contributed by atoms with Crippen molar-refractivity contribution in [1.29, 1.82) is 0 Å². The maximum absolute atomic E-state index is 13.2. The van der Waals surface area contributed by atoms with E-state index < -0.39 is 17.7 Å². The van der Waals surface area contributed by atoms with Crippen LogP contribution in [0.3, 0.4) is 0 Å². The average Bonchev–Trinajstić information content (AvgIpc) is 3.03. The predicted molar refractivity (Wildman–Crippen MR) is 128 cm³/mol. The first-order chi connectivity index (χ1) is 15.3. The number of fused-ring (bicyclic) bond motifs is 1. The van der Waals surface area contributed by atoms with Crippen molar-refractivity contribution in [3.63, 3.8) is 0 Å². The number of imide groups is 1. The molecule has 9 heteroatoms. The summed E-state index contributed by atoms with van der Waals surface area (Å²) in [7, 11) is 3.03. The monoisotopic (exact) mass is 564 g/mol. The van der Waals surface area contributed by atoms with Crippen molar-refractivity contribution >= 4 is 61.0 Å². The summed E-state index contributed by atoms with van der Waals surface area (Å²) in [6.45, 7) is 0. The molecule has 2 fully saturated rings. The minimum absolute atomic E-state index is 0.111. The summed E-state index contributed by atoms with van der Waals surface area (Å²) in [5.74, 6) is -0.754. The second kappa shape index (κ2) is 9.23. The first-order valence-electron chi connectivity index (χ1n) is 10.1. The van der Waals surface area contributed by atoms with E-state index in [-0.39, 0.29) is 32.7 Å². The molecule has 2 aromatic rings. The zero-order valence-electron chi connectivity index (χ0n) is 17.5. The van der Waals surface area contributed by atoms with Gasteiger partial charge in [-0.2, -0.15) is 0 Å². The second-order valence-corrected chi connectivity index (χ2v) is 10.1. The number of benzene rings is 2. The summed E-state index contributed by atoms with van der Waals surface area (Å²) in [4.78, 5) is 41.1. The number of carbonyl (C=O) groups is 3. The van der Waals surface area contributed by atoms with Gasteiger partial charge in [0.1, 0.15) is 11.5 Å². The van der Waals surface area contributed by atoms with Gasteiger partial charge in [0.2, 0.25) is 11.8 Å². The lowest BCUT2D eigenvalue weighted by Crippen LogP contribution is -2.34. The van der Waals surface area contributed by atoms with Crippen LogP contribution in [0, 0.1) is 11.8 Å². The Balaban J connectivity index is 1.66. The first kappa shape index (κ1) is 22.8. The number of para-hydroxylation sites is 1. The summed E-state index contributed by atoms with van der Waals surface area (Å²) in [5, 5.41) is 2.81. The van der Waals surface area contributed by atoms with Crippen molar-refractivity contribution in [2.75, 3.05) is 24.4 Å². The molecule has 0 spiro atoms. The zero-order valence-corrected chi connectivity index (χ0v) is 20.7. The van der Waals surface area contributed by atoms with Gasteiger partial charge in [0.25, 0.3) is 5.91 Å². The molecule has 0 unspecified atom stereocenters. The number of halogens is 2. The smallest absolute Gasteiger partial charge is 0.257 e. The highest BCUT2D eigenvalue weighted by Gasteiger charge is 2.52. The minimum atomic E-state index is -0.459. The molecule has 1 heterocycles. The van der Waals surface area contributed by atoms with E-state index >= 15 is 0 Å². The van der Waals surface area contributed by atoms with Gasteiger partial charge < -0.3 is 14.8 Å². The van der Waals surface area contributed by atoms with E-state index in [0.717, 1.165) is 0 Å². The number of methoxy groups -OCH3 is 2. The Morgan fingerprint density at radius 1 is 0.969 bits per heavy atom. The van der Waals surface area contributed by atoms with Crippen molar-refractivity contribution in [2.45, 2.75) is 22.5 Å². The van der Waals surface area contributed by atoms with Crippen LogP contribution in [0.5, 0.6) is 11.5 Å². The molecule has 0 radical (unpaired) electrons. The fraction of sp³-hybridized carbons (Fsp3) is 0.348. The van der Waals surface area contributed by atoms with E-state index in [9.17, 15) is 14.4 Å². The molecule has 1 aliphatic heterocycles. The number of hydrogen-bond acceptors (Lipinski definition) is 5. The molecule has 4 rings (SSSR count). The van der Waals surface area contributed by atoms with Gasteiger partial charge in [-0.15, -0.1) is 0 Å². The normalized spacial score (nSPS) is 24.8. The fourth-order valence-corrected chi connectivity index (χ4v) is 5.53. The number of hydrogen-bond donors (Lipinski definition) is 1. The van der Waals surface area contributed by atoms with Crippen LogP contribution in [-0.2, 0) is 9.59 Å². The molecule has 168 valence electrons. The van der Waals surface area contributed by atoms with E-state index in [4.69, 9.17) is 9.47 Å². The molecule has 7 nitrogen and oxygen atoms in total. The highest BCUT2D eigenvalue weighted by atomic mass is 79.9. The second-order valence-electron chi connectivity index (χ2n) is 7.77. The lowest BCUT2D eigenvalue weighted by molar-refractivity contribution is -0.122. The molecule has 0 bridgehead atoms. The van der Waals surface area contributed by atoms with Crippen LogP contribution in [0.2, 0.25) is 0 Å². The largest absolute Gasteiger partial charge is 0.497 e. The van der Waals surface area contributed by atoms with E-state index in [1.165, 1.54) is 19.1 Å². The summed E-state index contributed by atoms with van der Waals surface area (Å²) in [6.07, 6.45) is 1.13. The van der Waals surface area contributed by atoms with Crippen molar-refractivity contribution in [2.24, 2.45) is 11.8 Å². The Hall–Kier alpha value is -2.39. The minimum Gasteiger partial charge on any atom is -0.497 e. The summed E-state index contributed by atoms with van der Waals surface area (Å²) < 4.78 is 10.6. The highest BCUT2D eigenvalue weighted by Crippen LogP contribution is 2.45. The van der Waals surface area contributed by atoms with E-state index in [1.807, 2.05) is 0 Å². The third-order valence-corrected chi connectivity index (χ3v) is 8.69. The molecule has 1 N–H and O–H groups in total. The van der Waals surface area contributed by atoms with Gasteiger partial charge in [-0.05, 0) is 37.1 Å². The SMILES string of the molecule is COc1ccc(OC)c(NC(=O)c2ccccc2N2C(=O)[C@@H]3C[C@H](Br)[C@@H](Br)C[C@H]3C2=O)c1. The maximum Gasteiger partial charge on any atom is 0.257 e. The van der Waals surface area contributed by atoms with Gasteiger partial charge in [0, 0.05) is 15.7 Å². The number of rotatable bonds is 5. The summed E-state index contributed by atoms with van der Waals surface area (Å²) in [5.41, 5.74) is 0.931. The molecule has 1 saturated carbocycles. The predicted octanol–water partition coefficient (Wildman–Crippen LogP) is 4.38. The van der Waals surface area contributed by atoms with Crippen LogP contribution in [0.25, 0.3) is 0 Å². The van der Waals surface area contributed by atoms with Crippen LogP contribution >= 0.6 is 31.9 Å². The lowest BCUT2D eigenvalue weighted by atomic mass is 9.81. The Morgan fingerprint density at radius 2 is 1.59 bits per heavy atom. The Labute approximate surface area is 202 Å². The molecular weight excluding hydrogens is 544 g/mol. The summed E-state index contributed by atoms with van der Waals surface area (Å²) in [6, 6.07) is 11.7. The van der Waals surface area contributed by atoms with Crippen LogP contribution in [0.4, 0.5) is 11.4 Å². The highest BCUT2D eigenvalue weighted by molar-refractivity contribution is 9.12. The van der Waals surface area contributed by atoms with Gasteiger partial charge in [0.15, 0.2) is 0 Å². The number of carbonyl (C=O) groups excluding carboxylic acids is 3. The van der Waals surface area contributed by atoms with Crippen molar-refractivity contribution in [3.8, 4) is 11.5 Å². The van der Waals surface area contributed by atoms with Gasteiger partial charge in [0.05, 0.1) is 43.0 Å². The number of alkyl halides is 2. The first-order valence-corrected chi connectivity index (χ1v) is 12.0. The Morgan fingerprint density at radius 3 is 2.19 bits per heavy atom. The molecule has 2 aliphatic rings. The van der Waals surface area contributed by atoms with Gasteiger partial charge in [-0.25, -0.2) is 4.90 Å². The molecule has 2 aromatic carbocycles. The topological polar surface area (TPSA) is 84.9 Å². The molecule has 3 amide bonds. The molecule has 0 aromatic heterocycles. The third-order valence-electron chi connectivity index (χ3n) is 5.96. The molecule has 4 atom stereocenters. The van der Waals surface area contributed by atoms with Crippen LogP contribution in [0.1, 0.15) is 23.2 Å². The summed E-state index contributed by atoms with van der Waals surface area (Å²) >= 11 is 7.20. The van der Waals surface area contributed by atoms with Crippen molar-refractivity contribution in [3.05, 3.63) is 48.0 Å². The molecular formula is C23H22Br2N2O5. The van der Waals surface area contributed by atoms with Crippen LogP contribution in [-0.4, -0.2) is 41.6 Å². The number of anilines is 2. The molecule has 1 aliphatic carbocycles. The van der Waals surface area contributed by atoms with Gasteiger partial charge in [-0.3, -0.25) is 14.4 Å². The molecule has 32 heavy (non-hydrogen) atoms. The third kappa shape index (κ3) is 4.03. The van der Waals surface area contributed by atoms with Crippen LogP contribution in [0.15, 0.2) is 42.5 Å². The van der Waals surface area contributed by atoms with Crippen molar-refractivity contribution < 1.29 is 23.9 Å².